The highest BCUT2D eigenvalue weighted by atomic mass is 14.9. The van der Waals surface area contributed by atoms with Gasteiger partial charge in [-0.05, 0) is 37.3 Å². The number of rotatable bonds is 1. The first-order chi connectivity index (χ1) is 6.70. The van der Waals surface area contributed by atoms with Crippen LogP contribution in [0.15, 0.2) is 0 Å². The molecule has 1 heterocycles. The van der Waals surface area contributed by atoms with Gasteiger partial charge in [0.1, 0.15) is 0 Å². The van der Waals surface area contributed by atoms with Crippen LogP contribution in [-0.4, -0.2) is 13.1 Å². The Morgan fingerprint density at radius 3 is 1.79 bits per heavy atom. The second-order valence-corrected chi connectivity index (χ2v) is 4.00. The Morgan fingerprint density at radius 1 is 1.00 bits per heavy atom. The number of nitrogens with one attached hydrogen (secondary N) is 1. The number of piperidine rings is 1. The van der Waals surface area contributed by atoms with Crippen LogP contribution >= 0.6 is 0 Å². The molecule has 2 atom stereocenters. The second kappa shape index (κ2) is 11.0. The standard InChI is InChI=1S/C9H19N.2C2H6/c1-7(2)9-4-8(3)5-10-6-9;2*1-2/h7-10H,4-6H2,1-3H3;2*1-2H3. The summed E-state index contributed by atoms with van der Waals surface area (Å²) in [5.41, 5.74) is 0. The first-order valence-electron chi connectivity index (χ1n) is 6.41. The van der Waals surface area contributed by atoms with E-state index in [0.29, 0.717) is 0 Å². The molecule has 2 unspecified atom stereocenters. The minimum atomic E-state index is 0.857. The van der Waals surface area contributed by atoms with Crippen molar-refractivity contribution in [3.05, 3.63) is 0 Å². The van der Waals surface area contributed by atoms with Crippen molar-refractivity contribution in [1.82, 2.24) is 5.32 Å². The molecule has 1 N–H and O–H groups in total. The molecule has 0 aromatic heterocycles. The molecule has 14 heavy (non-hydrogen) atoms. The summed E-state index contributed by atoms with van der Waals surface area (Å²) in [6, 6.07) is 0. The Bertz CT molecular complexity index is 99.4. The van der Waals surface area contributed by atoms with Crippen molar-refractivity contribution in [2.45, 2.75) is 54.9 Å². The lowest BCUT2D eigenvalue weighted by Gasteiger charge is -2.30. The molecule has 1 fully saturated rings. The summed E-state index contributed by atoms with van der Waals surface area (Å²) in [5.74, 6) is 2.67. The van der Waals surface area contributed by atoms with Crippen molar-refractivity contribution in [3.8, 4) is 0 Å². The van der Waals surface area contributed by atoms with Crippen LogP contribution < -0.4 is 5.32 Å². The zero-order valence-corrected chi connectivity index (χ0v) is 11.4. The van der Waals surface area contributed by atoms with Gasteiger partial charge in [-0.25, -0.2) is 0 Å². The summed E-state index contributed by atoms with van der Waals surface area (Å²) in [4.78, 5) is 0. The Labute approximate surface area is 91.7 Å². The van der Waals surface area contributed by atoms with Crippen molar-refractivity contribution < 1.29 is 0 Å². The maximum Gasteiger partial charge on any atom is -0.00178 e. The summed E-state index contributed by atoms with van der Waals surface area (Å²) in [6.07, 6.45) is 1.42. The van der Waals surface area contributed by atoms with Gasteiger partial charge < -0.3 is 5.32 Å². The fourth-order valence-electron chi connectivity index (χ4n) is 1.71. The molecule has 0 radical (unpaired) electrons. The predicted molar refractivity (Wildman–Crippen MR) is 67.7 cm³/mol. The molecule has 1 aliphatic rings. The number of hydrogen-bond acceptors (Lipinski definition) is 1. The van der Waals surface area contributed by atoms with Crippen molar-refractivity contribution in [2.24, 2.45) is 17.8 Å². The maximum atomic E-state index is 3.47. The molecule has 0 amide bonds. The van der Waals surface area contributed by atoms with Gasteiger partial charge in [0.05, 0.1) is 0 Å². The van der Waals surface area contributed by atoms with E-state index in [9.17, 15) is 0 Å². The summed E-state index contributed by atoms with van der Waals surface area (Å²) < 4.78 is 0. The van der Waals surface area contributed by atoms with Crippen LogP contribution in [0.25, 0.3) is 0 Å². The fraction of sp³-hybridized carbons (Fsp3) is 1.00. The molecule has 0 saturated carbocycles. The van der Waals surface area contributed by atoms with Crippen molar-refractivity contribution in [2.75, 3.05) is 13.1 Å². The van der Waals surface area contributed by atoms with E-state index in [1.807, 2.05) is 27.7 Å². The van der Waals surface area contributed by atoms with Crippen molar-refractivity contribution >= 4 is 0 Å². The molecular weight excluding hydrogens is 170 g/mol. The Kier molecular flexibility index (Phi) is 12.9. The molecular formula is C13H31N. The highest BCUT2D eigenvalue weighted by molar-refractivity contribution is 4.75. The lowest BCUT2D eigenvalue weighted by molar-refractivity contribution is 0.244. The van der Waals surface area contributed by atoms with Crippen LogP contribution in [0.2, 0.25) is 0 Å². The largest absolute Gasteiger partial charge is 0.316 e. The highest BCUT2D eigenvalue weighted by Crippen LogP contribution is 2.22. The van der Waals surface area contributed by atoms with Gasteiger partial charge in [0.2, 0.25) is 0 Å². The van der Waals surface area contributed by atoms with Crippen molar-refractivity contribution in [3.63, 3.8) is 0 Å². The SMILES string of the molecule is CC.CC.CC1CNCC(C(C)C)C1. The van der Waals surface area contributed by atoms with Crippen molar-refractivity contribution in [1.29, 1.82) is 0 Å². The van der Waals surface area contributed by atoms with E-state index >= 15 is 0 Å². The lowest BCUT2D eigenvalue weighted by Crippen LogP contribution is -2.37. The van der Waals surface area contributed by atoms with Gasteiger partial charge >= 0.3 is 0 Å². The Hall–Kier alpha value is -0.0400. The van der Waals surface area contributed by atoms with Crippen LogP contribution in [-0.2, 0) is 0 Å². The quantitative estimate of drug-likeness (QED) is 0.677. The molecule has 0 aromatic rings. The Morgan fingerprint density at radius 2 is 1.50 bits per heavy atom. The average Bonchev–Trinajstić information content (AvgIpc) is 2.24. The second-order valence-electron chi connectivity index (χ2n) is 4.00. The zero-order chi connectivity index (χ0) is 11.6. The van der Waals surface area contributed by atoms with E-state index in [-0.39, 0.29) is 0 Å². The summed E-state index contributed by atoms with van der Waals surface area (Å²) in [5, 5.41) is 3.47. The van der Waals surface area contributed by atoms with Gasteiger partial charge in [0.25, 0.3) is 0 Å². The van der Waals surface area contributed by atoms with Crippen LogP contribution in [0.4, 0.5) is 0 Å². The third-order valence-corrected chi connectivity index (χ3v) is 2.55. The molecule has 88 valence electrons. The van der Waals surface area contributed by atoms with Gasteiger partial charge in [0.15, 0.2) is 0 Å². The number of hydrogen-bond donors (Lipinski definition) is 1. The first-order valence-corrected chi connectivity index (χ1v) is 6.41. The van der Waals surface area contributed by atoms with E-state index in [2.05, 4.69) is 26.1 Å². The normalized spacial score (nSPS) is 25.7. The molecule has 1 heteroatoms. The van der Waals surface area contributed by atoms with Gasteiger partial charge in [-0.1, -0.05) is 48.5 Å². The maximum absolute atomic E-state index is 3.47. The minimum absolute atomic E-state index is 0.857. The summed E-state index contributed by atoms with van der Waals surface area (Å²) in [6.45, 7) is 17.4. The monoisotopic (exact) mass is 201 g/mol. The molecule has 0 aromatic carbocycles. The smallest absolute Gasteiger partial charge is 0.00178 e. The van der Waals surface area contributed by atoms with Gasteiger partial charge in [-0.15, -0.1) is 0 Å². The lowest BCUT2D eigenvalue weighted by atomic mass is 9.84. The molecule has 0 aliphatic carbocycles. The van der Waals surface area contributed by atoms with E-state index in [4.69, 9.17) is 0 Å². The van der Waals surface area contributed by atoms with E-state index < -0.39 is 0 Å². The fourth-order valence-corrected chi connectivity index (χ4v) is 1.71. The van der Waals surface area contributed by atoms with Crippen LogP contribution in [0, 0.1) is 17.8 Å². The molecule has 1 rings (SSSR count). The first kappa shape index (κ1) is 16.4. The third kappa shape index (κ3) is 7.37. The van der Waals surface area contributed by atoms with Crippen LogP contribution in [0.3, 0.4) is 0 Å². The van der Waals surface area contributed by atoms with Crippen LogP contribution in [0.5, 0.6) is 0 Å². The average molecular weight is 201 g/mol. The zero-order valence-electron chi connectivity index (χ0n) is 11.4. The predicted octanol–water partition coefficient (Wildman–Crippen LogP) is 3.94. The van der Waals surface area contributed by atoms with Gasteiger partial charge in [-0.3, -0.25) is 0 Å². The molecule has 1 saturated heterocycles. The molecule has 1 nitrogen and oxygen atoms in total. The van der Waals surface area contributed by atoms with E-state index in [1.165, 1.54) is 19.5 Å². The third-order valence-electron chi connectivity index (χ3n) is 2.55. The van der Waals surface area contributed by atoms with Gasteiger partial charge in [-0.2, -0.15) is 0 Å². The van der Waals surface area contributed by atoms with E-state index in [1.54, 1.807) is 0 Å². The van der Waals surface area contributed by atoms with Crippen LogP contribution in [0.1, 0.15) is 54.9 Å². The molecule has 1 aliphatic heterocycles. The van der Waals surface area contributed by atoms with Gasteiger partial charge in [0, 0.05) is 0 Å². The highest BCUT2D eigenvalue weighted by Gasteiger charge is 2.20. The molecule has 0 bridgehead atoms. The Balaban J connectivity index is 0. The summed E-state index contributed by atoms with van der Waals surface area (Å²) >= 11 is 0. The topological polar surface area (TPSA) is 12.0 Å². The van der Waals surface area contributed by atoms with E-state index in [0.717, 1.165) is 17.8 Å². The summed E-state index contributed by atoms with van der Waals surface area (Å²) in [7, 11) is 0. The minimum Gasteiger partial charge on any atom is -0.316 e. The molecule has 0 spiro atoms.